The van der Waals surface area contributed by atoms with Gasteiger partial charge in [-0.1, -0.05) is 35.3 Å². The molecule has 3 aromatic heterocycles. The number of hydrogen-bond acceptors (Lipinski definition) is 4. The molecule has 0 aliphatic carbocycles. The summed E-state index contributed by atoms with van der Waals surface area (Å²) in [6.45, 7) is 4.34. The van der Waals surface area contributed by atoms with Gasteiger partial charge >= 0.3 is 0 Å². The lowest BCUT2D eigenvalue weighted by Gasteiger charge is -2.03. The number of aromatic nitrogens is 4. The Morgan fingerprint density at radius 2 is 1.97 bits per heavy atom. The van der Waals surface area contributed by atoms with Gasteiger partial charge in [0.1, 0.15) is 16.6 Å². The summed E-state index contributed by atoms with van der Waals surface area (Å²) in [5.41, 5.74) is 2.27. The number of nitrogens with zero attached hydrogens (tertiary/aromatic N) is 4. The second kappa shape index (κ2) is 8.56. The van der Waals surface area contributed by atoms with Crippen LogP contribution < -0.4 is 5.32 Å². The Labute approximate surface area is 187 Å². The van der Waals surface area contributed by atoms with Crippen LogP contribution in [0.4, 0.5) is 10.2 Å². The first-order valence-corrected chi connectivity index (χ1v) is 10.1. The molecule has 10 heteroatoms. The van der Waals surface area contributed by atoms with Gasteiger partial charge in [-0.3, -0.25) is 14.2 Å². The minimum absolute atomic E-state index is 0.110. The minimum atomic E-state index is -0.490. The summed E-state index contributed by atoms with van der Waals surface area (Å²) >= 11 is 12.4. The summed E-state index contributed by atoms with van der Waals surface area (Å²) in [5.74, 6) is 0.0241. The van der Waals surface area contributed by atoms with E-state index < -0.39 is 5.91 Å². The van der Waals surface area contributed by atoms with Crippen LogP contribution in [-0.4, -0.2) is 25.5 Å². The van der Waals surface area contributed by atoms with Gasteiger partial charge in [0.15, 0.2) is 11.6 Å². The molecule has 0 bridgehead atoms. The zero-order valence-corrected chi connectivity index (χ0v) is 18.2. The van der Waals surface area contributed by atoms with Crippen LogP contribution in [0.1, 0.15) is 33.3 Å². The van der Waals surface area contributed by atoms with Crippen LogP contribution in [0.5, 0.6) is 0 Å². The third-order valence-corrected chi connectivity index (χ3v) is 5.49. The Kier molecular flexibility index (Phi) is 5.84. The molecule has 0 radical (unpaired) electrons. The number of furan rings is 1. The maximum Gasteiger partial charge on any atom is 0.292 e. The summed E-state index contributed by atoms with van der Waals surface area (Å²) in [5, 5.41) is 12.1. The van der Waals surface area contributed by atoms with E-state index in [-0.39, 0.29) is 22.4 Å². The van der Waals surface area contributed by atoms with Crippen molar-refractivity contribution in [3.8, 4) is 0 Å². The number of anilines is 1. The predicted molar refractivity (Wildman–Crippen MR) is 115 cm³/mol. The number of aryl methyl sites for hydroxylation is 1. The molecule has 0 unspecified atom stereocenters. The molecule has 3 heterocycles. The molecule has 0 aliphatic rings. The highest BCUT2D eigenvalue weighted by atomic mass is 35.5. The summed E-state index contributed by atoms with van der Waals surface area (Å²) in [6, 6.07) is 9.43. The monoisotopic (exact) mass is 461 g/mol. The Morgan fingerprint density at radius 3 is 2.68 bits per heavy atom. The van der Waals surface area contributed by atoms with E-state index in [1.807, 2.05) is 13.8 Å². The molecule has 4 aromatic rings. The van der Waals surface area contributed by atoms with Crippen molar-refractivity contribution in [2.24, 2.45) is 0 Å². The molecule has 7 nitrogen and oxygen atoms in total. The molecule has 0 aliphatic heterocycles. The fraction of sp³-hybridized carbons (Fsp3) is 0.190. The molecule has 0 spiro atoms. The highest BCUT2D eigenvalue weighted by Crippen LogP contribution is 2.23. The fourth-order valence-corrected chi connectivity index (χ4v) is 3.45. The van der Waals surface area contributed by atoms with E-state index >= 15 is 0 Å². The number of carbonyl (C=O) groups excluding carboxylic acids is 1. The quantitative estimate of drug-likeness (QED) is 0.433. The Hall–Kier alpha value is -3.10. The van der Waals surface area contributed by atoms with Gasteiger partial charge in [-0.05, 0) is 43.7 Å². The van der Waals surface area contributed by atoms with Crippen molar-refractivity contribution in [3.63, 3.8) is 0 Å². The molecule has 4 rings (SSSR count). The number of rotatable bonds is 6. The molecule has 31 heavy (non-hydrogen) atoms. The molecule has 1 aromatic carbocycles. The molecule has 1 amide bonds. The van der Waals surface area contributed by atoms with Gasteiger partial charge in [-0.2, -0.15) is 10.2 Å². The van der Waals surface area contributed by atoms with Gasteiger partial charge in [-0.15, -0.1) is 0 Å². The number of nitrogens with one attached hydrogen (secondary N) is 1. The standard InChI is InChI=1S/C21H18Cl2FN5O2/c1-12-19(23)13(2)29(26-12)10-16-6-7-18(31-16)21(30)25-20-17(22)11-28(27-20)9-14-4-3-5-15(24)8-14/h3-8,11H,9-10H2,1-2H3,(H,25,27,30). The molecule has 0 saturated carbocycles. The van der Waals surface area contributed by atoms with Gasteiger partial charge < -0.3 is 9.73 Å². The van der Waals surface area contributed by atoms with Crippen LogP contribution >= 0.6 is 23.2 Å². The number of amides is 1. The van der Waals surface area contributed by atoms with Gasteiger partial charge in [-0.25, -0.2) is 4.39 Å². The van der Waals surface area contributed by atoms with Crippen molar-refractivity contribution in [2.45, 2.75) is 26.9 Å². The van der Waals surface area contributed by atoms with Crippen molar-refractivity contribution in [1.82, 2.24) is 19.6 Å². The van der Waals surface area contributed by atoms with Gasteiger partial charge in [0.2, 0.25) is 0 Å². The Balaban J connectivity index is 1.44. The number of halogens is 3. The number of carbonyl (C=O) groups is 1. The van der Waals surface area contributed by atoms with Gasteiger partial charge in [0.05, 0.1) is 29.5 Å². The van der Waals surface area contributed by atoms with Crippen LogP contribution in [-0.2, 0) is 13.1 Å². The lowest BCUT2D eigenvalue weighted by Crippen LogP contribution is -2.12. The van der Waals surface area contributed by atoms with Crippen molar-refractivity contribution in [2.75, 3.05) is 5.32 Å². The van der Waals surface area contributed by atoms with Crippen LogP contribution in [0, 0.1) is 19.7 Å². The average Bonchev–Trinajstić information content (AvgIpc) is 3.38. The van der Waals surface area contributed by atoms with E-state index in [9.17, 15) is 9.18 Å². The van der Waals surface area contributed by atoms with Gasteiger partial charge in [0.25, 0.3) is 5.91 Å². The Bertz CT molecular complexity index is 1260. The summed E-state index contributed by atoms with van der Waals surface area (Å²) in [4.78, 5) is 12.6. The van der Waals surface area contributed by atoms with Crippen molar-refractivity contribution < 1.29 is 13.6 Å². The maximum atomic E-state index is 13.4. The maximum absolute atomic E-state index is 13.4. The molecule has 1 N–H and O–H groups in total. The largest absolute Gasteiger partial charge is 0.454 e. The van der Waals surface area contributed by atoms with E-state index in [0.717, 1.165) is 17.0 Å². The van der Waals surface area contributed by atoms with Crippen LogP contribution in [0.3, 0.4) is 0 Å². The smallest absolute Gasteiger partial charge is 0.292 e. The second-order valence-corrected chi connectivity index (χ2v) is 7.80. The summed E-state index contributed by atoms with van der Waals surface area (Å²) in [7, 11) is 0. The lowest BCUT2D eigenvalue weighted by atomic mass is 10.2. The molecule has 0 atom stereocenters. The normalized spacial score (nSPS) is 11.1. The molecule has 0 saturated heterocycles. The SMILES string of the molecule is Cc1nn(Cc2ccc(C(=O)Nc3nn(Cc4cccc(F)c4)cc3Cl)o2)c(C)c1Cl. The first kappa shape index (κ1) is 21.1. The van der Waals surface area contributed by atoms with Crippen LogP contribution in [0.15, 0.2) is 47.0 Å². The predicted octanol–water partition coefficient (Wildman–Crippen LogP) is 5.08. The third-order valence-electron chi connectivity index (χ3n) is 4.67. The van der Waals surface area contributed by atoms with E-state index in [0.29, 0.717) is 23.9 Å². The van der Waals surface area contributed by atoms with E-state index in [1.54, 1.807) is 35.1 Å². The molecule has 160 valence electrons. The molecule has 0 fully saturated rings. The topological polar surface area (TPSA) is 77.9 Å². The Morgan fingerprint density at radius 1 is 1.16 bits per heavy atom. The summed E-state index contributed by atoms with van der Waals surface area (Å²) in [6.07, 6.45) is 1.56. The van der Waals surface area contributed by atoms with E-state index in [2.05, 4.69) is 15.5 Å². The summed E-state index contributed by atoms with van der Waals surface area (Å²) < 4.78 is 22.2. The number of hydrogen-bond donors (Lipinski definition) is 1. The third kappa shape index (κ3) is 4.65. The zero-order valence-electron chi connectivity index (χ0n) is 16.7. The highest BCUT2D eigenvalue weighted by Gasteiger charge is 2.17. The second-order valence-electron chi connectivity index (χ2n) is 7.02. The molecular formula is C21H18Cl2FN5O2. The fourth-order valence-electron chi connectivity index (χ4n) is 3.12. The average molecular weight is 462 g/mol. The van der Waals surface area contributed by atoms with Gasteiger partial charge in [0, 0.05) is 6.20 Å². The van der Waals surface area contributed by atoms with Crippen molar-refractivity contribution in [1.29, 1.82) is 0 Å². The zero-order chi connectivity index (χ0) is 22.1. The first-order valence-electron chi connectivity index (χ1n) is 9.37. The van der Waals surface area contributed by atoms with E-state index in [1.165, 1.54) is 16.8 Å². The van der Waals surface area contributed by atoms with Crippen LogP contribution in [0.2, 0.25) is 10.0 Å². The highest BCUT2D eigenvalue weighted by molar-refractivity contribution is 6.33. The molecular weight excluding hydrogens is 444 g/mol. The minimum Gasteiger partial charge on any atom is -0.454 e. The van der Waals surface area contributed by atoms with Crippen molar-refractivity contribution in [3.05, 3.63) is 86.9 Å². The van der Waals surface area contributed by atoms with Crippen LogP contribution in [0.25, 0.3) is 0 Å². The first-order chi connectivity index (χ1) is 14.8. The lowest BCUT2D eigenvalue weighted by molar-refractivity contribution is 0.0994. The van der Waals surface area contributed by atoms with Crippen molar-refractivity contribution >= 4 is 34.9 Å². The van der Waals surface area contributed by atoms with E-state index in [4.69, 9.17) is 27.6 Å². The number of benzene rings is 1.